The molecule has 4 rings (SSSR count). The maximum atomic E-state index is 12.4. The Labute approximate surface area is 157 Å². The van der Waals surface area contributed by atoms with Crippen molar-refractivity contribution in [2.24, 2.45) is 7.05 Å². The molecule has 27 heavy (non-hydrogen) atoms. The molecule has 2 heterocycles. The summed E-state index contributed by atoms with van der Waals surface area (Å²) in [5, 5.41) is 2.84. The Morgan fingerprint density at radius 1 is 1.19 bits per heavy atom. The fourth-order valence-electron chi connectivity index (χ4n) is 3.82. The van der Waals surface area contributed by atoms with Crippen LogP contribution in [0.15, 0.2) is 41.3 Å². The normalized spacial score (nSPS) is 14.7. The van der Waals surface area contributed by atoms with Gasteiger partial charge in [-0.1, -0.05) is 25.0 Å². The number of carbonyl (C=O) groups excluding carboxylic acids is 1. The van der Waals surface area contributed by atoms with Crippen molar-refractivity contribution < 1.29 is 4.79 Å². The van der Waals surface area contributed by atoms with Gasteiger partial charge in [0, 0.05) is 32.1 Å². The van der Waals surface area contributed by atoms with Gasteiger partial charge in [0.25, 0.3) is 0 Å². The molecular weight excluding hydrogens is 342 g/mol. The van der Waals surface area contributed by atoms with Crippen LogP contribution in [0, 0.1) is 0 Å². The Hall–Kier alpha value is -2.96. The number of hydrogen-bond acceptors (Lipinski definition) is 4. The molecule has 0 bridgehead atoms. The molecule has 1 amide bonds. The van der Waals surface area contributed by atoms with Crippen molar-refractivity contribution >= 4 is 22.8 Å². The summed E-state index contributed by atoms with van der Waals surface area (Å²) in [4.78, 5) is 33.7. The van der Waals surface area contributed by atoms with Gasteiger partial charge in [0.2, 0.25) is 5.91 Å². The van der Waals surface area contributed by atoms with Gasteiger partial charge < -0.3 is 5.32 Å². The molecule has 0 unspecified atom stereocenters. The molecule has 1 N–H and O–H groups in total. The van der Waals surface area contributed by atoms with Gasteiger partial charge in [0.1, 0.15) is 11.6 Å². The lowest BCUT2D eigenvalue weighted by atomic mass is 10.1. The van der Waals surface area contributed by atoms with E-state index in [1.165, 1.54) is 12.8 Å². The molecule has 7 heteroatoms. The zero-order valence-electron chi connectivity index (χ0n) is 15.4. The second-order valence-corrected chi connectivity index (χ2v) is 7.06. The van der Waals surface area contributed by atoms with Crippen molar-refractivity contribution in [3.05, 3.63) is 52.8 Å². The summed E-state index contributed by atoms with van der Waals surface area (Å²) in [7, 11) is 1.74. The zero-order valence-corrected chi connectivity index (χ0v) is 15.4. The number of rotatable bonds is 5. The fraction of sp³-hybridized carbons (Fsp3) is 0.400. The molecule has 140 valence electrons. The smallest absolute Gasteiger partial charge is 0.311 e. The monoisotopic (exact) mass is 365 g/mol. The van der Waals surface area contributed by atoms with E-state index in [1.807, 2.05) is 24.3 Å². The maximum absolute atomic E-state index is 12.4. The highest BCUT2D eigenvalue weighted by Crippen LogP contribution is 2.32. The van der Waals surface area contributed by atoms with Crippen LogP contribution in [0.4, 0.5) is 5.82 Å². The molecule has 0 radical (unpaired) electrons. The summed E-state index contributed by atoms with van der Waals surface area (Å²) in [5.74, 6) is 1.58. The third kappa shape index (κ3) is 3.49. The maximum Gasteiger partial charge on any atom is 0.328 e. The molecule has 1 aliphatic carbocycles. The Morgan fingerprint density at radius 3 is 2.70 bits per heavy atom. The van der Waals surface area contributed by atoms with E-state index in [9.17, 15) is 9.59 Å². The van der Waals surface area contributed by atoms with Crippen LogP contribution < -0.4 is 11.0 Å². The molecule has 0 saturated heterocycles. The van der Waals surface area contributed by atoms with Crippen molar-refractivity contribution in [2.45, 2.75) is 44.6 Å². The van der Waals surface area contributed by atoms with E-state index in [1.54, 1.807) is 28.4 Å². The predicted octanol–water partition coefficient (Wildman–Crippen LogP) is 2.82. The first-order chi connectivity index (χ1) is 13.1. The molecule has 1 saturated carbocycles. The minimum absolute atomic E-state index is 0.116. The first kappa shape index (κ1) is 17.5. The summed E-state index contributed by atoms with van der Waals surface area (Å²) in [6.45, 7) is 0.326. The predicted molar refractivity (Wildman–Crippen MR) is 104 cm³/mol. The number of benzene rings is 1. The molecule has 2 aromatic heterocycles. The molecule has 0 spiro atoms. The molecular formula is C20H23N5O2. The molecule has 0 atom stereocenters. The van der Waals surface area contributed by atoms with Gasteiger partial charge in [-0.25, -0.2) is 14.8 Å². The summed E-state index contributed by atoms with van der Waals surface area (Å²) < 4.78 is 3.24. The fourth-order valence-corrected chi connectivity index (χ4v) is 3.82. The van der Waals surface area contributed by atoms with E-state index in [4.69, 9.17) is 0 Å². The Balaban J connectivity index is 1.44. The quantitative estimate of drug-likeness (QED) is 0.754. The Morgan fingerprint density at radius 2 is 1.93 bits per heavy atom. The number of carbonyl (C=O) groups is 1. The summed E-state index contributed by atoms with van der Waals surface area (Å²) in [6.07, 6.45) is 6.56. The van der Waals surface area contributed by atoms with Gasteiger partial charge in [0.15, 0.2) is 0 Å². The molecule has 1 aliphatic rings. The largest absolute Gasteiger partial charge is 0.328 e. The second-order valence-electron chi connectivity index (χ2n) is 7.06. The number of amides is 1. The number of nitrogens with one attached hydrogen (secondary N) is 1. The average molecular weight is 365 g/mol. The van der Waals surface area contributed by atoms with Crippen LogP contribution in [-0.2, 0) is 18.4 Å². The number of imidazole rings is 1. The summed E-state index contributed by atoms with van der Waals surface area (Å²) >= 11 is 0. The SMILES string of the molecule is Cn1c(=O)n(CCC(=O)Nc2ccnc(C3CCCC3)n2)c2ccccc21. The Bertz CT molecular complexity index is 1030. The highest BCUT2D eigenvalue weighted by Gasteiger charge is 2.20. The van der Waals surface area contributed by atoms with Gasteiger partial charge in [-0.2, -0.15) is 0 Å². The van der Waals surface area contributed by atoms with Gasteiger partial charge in [-0.05, 0) is 31.0 Å². The third-order valence-electron chi connectivity index (χ3n) is 5.28. The van der Waals surface area contributed by atoms with Crippen molar-refractivity contribution in [3.8, 4) is 0 Å². The molecule has 1 aromatic carbocycles. The number of fused-ring (bicyclic) bond motifs is 1. The van der Waals surface area contributed by atoms with Crippen LogP contribution in [0.25, 0.3) is 11.0 Å². The number of nitrogens with zero attached hydrogens (tertiary/aromatic N) is 4. The van der Waals surface area contributed by atoms with Crippen LogP contribution in [-0.4, -0.2) is 25.0 Å². The van der Waals surface area contributed by atoms with Crippen LogP contribution in [0.2, 0.25) is 0 Å². The van der Waals surface area contributed by atoms with E-state index in [0.717, 1.165) is 29.7 Å². The molecule has 0 aliphatic heterocycles. The van der Waals surface area contributed by atoms with Crippen LogP contribution in [0.1, 0.15) is 43.8 Å². The van der Waals surface area contributed by atoms with Gasteiger partial charge in [0.05, 0.1) is 11.0 Å². The van der Waals surface area contributed by atoms with Crippen molar-refractivity contribution in [3.63, 3.8) is 0 Å². The molecule has 3 aromatic rings. The van der Waals surface area contributed by atoms with Crippen LogP contribution in [0.3, 0.4) is 0 Å². The number of hydrogen-bond donors (Lipinski definition) is 1. The standard InChI is InChI=1S/C20H23N5O2/c1-24-15-8-4-5-9-16(15)25(20(24)27)13-11-18(26)22-17-10-12-21-19(23-17)14-6-2-3-7-14/h4-5,8-10,12,14H,2-3,6-7,11,13H2,1H3,(H,21,22,23,26). The highest BCUT2D eigenvalue weighted by molar-refractivity contribution is 5.89. The number of para-hydroxylation sites is 2. The average Bonchev–Trinajstić information content (AvgIpc) is 3.30. The van der Waals surface area contributed by atoms with Gasteiger partial charge in [-0.15, -0.1) is 0 Å². The Kier molecular flexibility index (Phi) is 4.75. The minimum Gasteiger partial charge on any atom is -0.311 e. The van der Waals surface area contributed by atoms with Crippen LogP contribution >= 0.6 is 0 Å². The topological polar surface area (TPSA) is 81.8 Å². The van der Waals surface area contributed by atoms with E-state index in [0.29, 0.717) is 18.3 Å². The second kappa shape index (κ2) is 7.34. The molecule has 7 nitrogen and oxygen atoms in total. The zero-order chi connectivity index (χ0) is 18.8. The van der Waals surface area contributed by atoms with Gasteiger partial charge in [-0.3, -0.25) is 13.9 Å². The van der Waals surface area contributed by atoms with E-state index in [-0.39, 0.29) is 18.0 Å². The summed E-state index contributed by atoms with van der Waals surface area (Å²) in [6, 6.07) is 9.30. The number of aromatic nitrogens is 4. The number of anilines is 1. The van der Waals surface area contributed by atoms with E-state index in [2.05, 4.69) is 15.3 Å². The lowest BCUT2D eigenvalue weighted by Gasteiger charge is -2.10. The van der Waals surface area contributed by atoms with Crippen molar-refractivity contribution in [1.29, 1.82) is 0 Å². The van der Waals surface area contributed by atoms with E-state index < -0.39 is 0 Å². The van der Waals surface area contributed by atoms with Crippen molar-refractivity contribution in [1.82, 2.24) is 19.1 Å². The van der Waals surface area contributed by atoms with E-state index >= 15 is 0 Å². The lowest BCUT2D eigenvalue weighted by Crippen LogP contribution is -2.24. The minimum atomic E-state index is -0.161. The number of aryl methyl sites for hydroxylation is 2. The lowest BCUT2D eigenvalue weighted by molar-refractivity contribution is -0.116. The first-order valence-electron chi connectivity index (χ1n) is 9.40. The molecule has 1 fully saturated rings. The first-order valence-corrected chi connectivity index (χ1v) is 9.40. The van der Waals surface area contributed by atoms with Gasteiger partial charge >= 0.3 is 5.69 Å². The third-order valence-corrected chi connectivity index (χ3v) is 5.28. The van der Waals surface area contributed by atoms with Crippen molar-refractivity contribution in [2.75, 3.05) is 5.32 Å². The summed E-state index contributed by atoms with van der Waals surface area (Å²) in [5.41, 5.74) is 1.58. The highest BCUT2D eigenvalue weighted by atomic mass is 16.2. The van der Waals surface area contributed by atoms with Crippen LogP contribution in [0.5, 0.6) is 0 Å².